The molecule has 0 unspecified atom stereocenters. The third-order valence-corrected chi connectivity index (χ3v) is 6.94. The fourth-order valence-corrected chi connectivity index (χ4v) is 4.93. The van der Waals surface area contributed by atoms with E-state index in [2.05, 4.69) is 9.88 Å². The fraction of sp³-hybridized carbons (Fsp3) is 0.238. The van der Waals surface area contributed by atoms with Gasteiger partial charge in [-0.1, -0.05) is 23.7 Å². The molecule has 1 aliphatic rings. The Kier molecular flexibility index (Phi) is 5.43. The molecule has 8 heteroatoms. The highest BCUT2D eigenvalue weighted by Gasteiger charge is 2.26. The van der Waals surface area contributed by atoms with Gasteiger partial charge in [-0.25, -0.2) is 8.42 Å². The number of nitrogens with zero attached hydrogens (tertiary/aromatic N) is 3. The number of sulfone groups is 1. The molecule has 1 aliphatic heterocycles. The first-order valence-corrected chi connectivity index (χ1v) is 11.3. The SMILES string of the molecule is O=C(CS(=O)(=O)c1ccc2cc(Cl)ccc2c1)N1CCN(c2ccncc2)CC1. The van der Waals surface area contributed by atoms with Gasteiger partial charge in [0.1, 0.15) is 5.75 Å². The van der Waals surface area contributed by atoms with Crippen molar-refractivity contribution in [2.75, 3.05) is 36.8 Å². The highest BCUT2D eigenvalue weighted by atomic mass is 35.5. The molecule has 0 aliphatic carbocycles. The maximum absolute atomic E-state index is 12.8. The van der Waals surface area contributed by atoms with Crippen LogP contribution in [-0.2, 0) is 14.6 Å². The van der Waals surface area contributed by atoms with Crippen LogP contribution in [0.1, 0.15) is 0 Å². The summed E-state index contributed by atoms with van der Waals surface area (Å²) in [6, 6.07) is 14.0. The molecular formula is C21H20ClN3O3S. The van der Waals surface area contributed by atoms with Gasteiger partial charge in [0.15, 0.2) is 9.84 Å². The zero-order valence-electron chi connectivity index (χ0n) is 15.7. The minimum absolute atomic E-state index is 0.149. The van der Waals surface area contributed by atoms with Crippen LogP contribution in [0.2, 0.25) is 5.02 Å². The van der Waals surface area contributed by atoms with Crippen molar-refractivity contribution in [1.29, 1.82) is 0 Å². The Bertz CT molecular complexity index is 1140. The lowest BCUT2D eigenvalue weighted by Crippen LogP contribution is -2.50. The van der Waals surface area contributed by atoms with E-state index in [1.807, 2.05) is 12.1 Å². The van der Waals surface area contributed by atoms with E-state index in [0.717, 1.165) is 16.5 Å². The number of pyridine rings is 1. The number of amides is 1. The molecule has 1 fully saturated rings. The molecule has 150 valence electrons. The number of hydrogen-bond donors (Lipinski definition) is 0. The number of aromatic nitrogens is 1. The average molecular weight is 430 g/mol. The van der Waals surface area contributed by atoms with Gasteiger partial charge < -0.3 is 9.80 Å². The Morgan fingerprint density at radius 3 is 2.31 bits per heavy atom. The molecule has 29 heavy (non-hydrogen) atoms. The Morgan fingerprint density at radius 1 is 0.931 bits per heavy atom. The van der Waals surface area contributed by atoms with Crippen LogP contribution in [0.5, 0.6) is 0 Å². The summed E-state index contributed by atoms with van der Waals surface area (Å²) in [5.74, 6) is -0.892. The molecule has 2 aromatic carbocycles. The normalized spacial score (nSPS) is 14.9. The summed E-state index contributed by atoms with van der Waals surface area (Å²) in [7, 11) is -3.72. The van der Waals surface area contributed by atoms with Crippen molar-refractivity contribution in [3.05, 3.63) is 65.9 Å². The van der Waals surface area contributed by atoms with Crippen molar-refractivity contribution in [2.45, 2.75) is 4.90 Å². The molecule has 0 spiro atoms. The Morgan fingerprint density at radius 2 is 1.59 bits per heavy atom. The highest BCUT2D eigenvalue weighted by Crippen LogP contribution is 2.23. The quantitative estimate of drug-likeness (QED) is 0.637. The Balaban J connectivity index is 1.43. The minimum atomic E-state index is -3.72. The van der Waals surface area contributed by atoms with Crippen LogP contribution in [0.4, 0.5) is 5.69 Å². The molecule has 6 nitrogen and oxygen atoms in total. The van der Waals surface area contributed by atoms with Gasteiger partial charge in [0.05, 0.1) is 4.90 Å². The van der Waals surface area contributed by atoms with Gasteiger partial charge >= 0.3 is 0 Å². The largest absolute Gasteiger partial charge is 0.368 e. The second kappa shape index (κ2) is 8.00. The van der Waals surface area contributed by atoms with E-state index < -0.39 is 15.6 Å². The molecule has 1 amide bonds. The summed E-state index contributed by atoms with van der Waals surface area (Å²) >= 11 is 5.98. The first kappa shape index (κ1) is 19.7. The van der Waals surface area contributed by atoms with E-state index in [0.29, 0.717) is 31.2 Å². The van der Waals surface area contributed by atoms with E-state index in [1.54, 1.807) is 47.6 Å². The number of rotatable bonds is 4. The highest BCUT2D eigenvalue weighted by molar-refractivity contribution is 7.92. The van der Waals surface area contributed by atoms with Crippen molar-refractivity contribution in [1.82, 2.24) is 9.88 Å². The predicted molar refractivity (Wildman–Crippen MR) is 114 cm³/mol. The third kappa shape index (κ3) is 4.36. The van der Waals surface area contributed by atoms with E-state index >= 15 is 0 Å². The van der Waals surface area contributed by atoms with Gasteiger partial charge in [0.2, 0.25) is 5.91 Å². The average Bonchev–Trinajstić information content (AvgIpc) is 2.73. The first-order valence-electron chi connectivity index (χ1n) is 9.27. The standard InChI is InChI=1S/C21H20ClN3O3S/c22-18-3-1-17-14-20(4-2-16(17)13-18)29(27,28)15-21(26)25-11-9-24(10-12-25)19-5-7-23-8-6-19/h1-8,13-14H,9-12,15H2. The number of hydrogen-bond acceptors (Lipinski definition) is 5. The number of anilines is 1. The lowest BCUT2D eigenvalue weighted by Gasteiger charge is -2.36. The summed E-state index contributed by atoms with van der Waals surface area (Å²) in [5.41, 5.74) is 1.05. The number of halogens is 1. The lowest BCUT2D eigenvalue weighted by molar-refractivity contribution is -0.128. The topological polar surface area (TPSA) is 70.6 Å². The molecule has 1 aromatic heterocycles. The van der Waals surface area contributed by atoms with Crippen molar-refractivity contribution < 1.29 is 13.2 Å². The van der Waals surface area contributed by atoms with Gasteiger partial charge in [-0.3, -0.25) is 9.78 Å². The molecule has 3 aromatic rings. The van der Waals surface area contributed by atoms with Crippen molar-refractivity contribution >= 4 is 43.8 Å². The lowest BCUT2D eigenvalue weighted by atomic mass is 10.1. The van der Waals surface area contributed by atoms with Gasteiger partial charge in [0.25, 0.3) is 0 Å². The van der Waals surface area contributed by atoms with Crippen molar-refractivity contribution in [3.8, 4) is 0 Å². The summed E-state index contributed by atoms with van der Waals surface area (Å²) in [6.07, 6.45) is 3.47. The van der Waals surface area contributed by atoms with E-state index in [9.17, 15) is 13.2 Å². The summed E-state index contributed by atoms with van der Waals surface area (Å²) in [6.45, 7) is 2.30. The summed E-state index contributed by atoms with van der Waals surface area (Å²) < 4.78 is 25.6. The molecule has 4 rings (SSSR count). The first-order chi connectivity index (χ1) is 13.9. The van der Waals surface area contributed by atoms with Gasteiger partial charge in [-0.15, -0.1) is 0 Å². The molecule has 0 N–H and O–H groups in total. The zero-order chi connectivity index (χ0) is 20.4. The van der Waals surface area contributed by atoms with Crippen LogP contribution in [0.25, 0.3) is 10.8 Å². The van der Waals surface area contributed by atoms with Crippen LogP contribution < -0.4 is 4.90 Å². The monoisotopic (exact) mass is 429 g/mol. The fourth-order valence-electron chi connectivity index (χ4n) is 3.49. The maximum Gasteiger partial charge on any atom is 0.238 e. The minimum Gasteiger partial charge on any atom is -0.368 e. The van der Waals surface area contributed by atoms with Crippen molar-refractivity contribution in [3.63, 3.8) is 0 Å². The Labute approximate surface area is 174 Å². The van der Waals surface area contributed by atoms with Crippen LogP contribution in [-0.4, -0.2) is 56.1 Å². The number of benzene rings is 2. The van der Waals surface area contributed by atoms with Gasteiger partial charge in [0, 0.05) is 49.3 Å². The number of piperazine rings is 1. The molecule has 2 heterocycles. The second-order valence-electron chi connectivity index (χ2n) is 6.99. The molecule has 0 radical (unpaired) electrons. The summed E-state index contributed by atoms with van der Waals surface area (Å²) in [4.78, 5) is 20.6. The van der Waals surface area contributed by atoms with Crippen LogP contribution >= 0.6 is 11.6 Å². The molecule has 1 saturated heterocycles. The number of carbonyl (C=O) groups excluding carboxylic acids is 1. The maximum atomic E-state index is 12.8. The molecule has 0 saturated carbocycles. The van der Waals surface area contributed by atoms with Crippen LogP contribution in [0.15, 0.2) is 65.8 Å². The number of fused-ring (bicyclic) bond motifs is 1. The van der Waals surface area contributed by atoms with Gasteiger partial charge in [-0.2, -0.15) is 0 Å². The van der Waals surface area contributed by atoms with Crippen molar-refractivity contribution in [2.24, 2.45) is 0 Å². The third-order valence-electron chi connectivity index (χ3n) is 5.11. The van der Waals surface area contributed by atoms with Crippen LogP contribution in [0, 0.1) is 0 Å². The second-order valence-corrected chi connectivity index (χ2v) is 9.41. The molecular weight excluding hydrogens is 410 g/mol. The molecule has 0 atom stereocenters. The smallest absolute Gasteiger partial charge is 0.238 e. The van der Waals surface area contributed by atoms with Gasteiger partial charge in [-0.05, 0) is 47.2 Å². The van der Waals surface area contributed by atoms with E-state index in [1.165, 1.54) is 6.07 Å². The van der Waals surface area contributed by atoms with E-state index in [-0.39, 0.29) is 10.8 Å². The Hall–Kier alpha value is -2.64. The summed E-state index contributed by atoms with van der Waals surface area (Å²) in [5, 5.41) is 2.22. The number of carbonyl (C=O) groups is 1. The zero-order valence-corrected chi connectivity index (χ0v) is 17.2. The van der Waals surface area contributed by atoms with E-state index in [4.69, 9.17) is 11.6 Å². The predicted octanol–water partition coefficient (Wildman–Crippen LogP) is 3.01. The molecule has 0 bridgehead atoms. The van der Waals surface area contributed by atoms with Crippen LogP contribution in [0.3, 0.4) is 0 Å².